The maximum atomic E-state index is 6.06. The molecule has 1 rings (SSSR count). The molecule has 8 heteroatoms. The van der Waals surface area contributed by atoms with Crippen LogP contribution in [-0.4, -0.2) is 26.6 Å². The van der Waals surface area contributed by atoms with Gasteiger partial charge in [0.15, 0.2) is 5.96 Å². The number of nitrogens with two attached hydrogens (primary N) is 3. The van der Waals surface area contributed by atoms with Crippen molar-refractivity contribution in [3.05, 3.63) is 0 Å². The van der Waals surface area contributed by atoms with Crippen molar-refractivity contribution in [1.82, 2.24) is 20.6 Å². The molecule has 1 heterocycles. The summed E-state index contributed by atoms with van der Waals surface area (Å²) in [6.45, 7) is 0. The number of anilines is 1. The van der Waals surface area contributed by atoms with Crippen molar-refractivity contribution >= 4 is 11.9 Å². The first-order valence-electron chi connectivity index (χ1n) is 2.21. The van der Waals surface area contributed by atoms with E-state index >= 15 is 0 Å². The van der Waals surface area contributed by atoms with Crippen LogP contribution in [0.2, 0.25) is 0 Å². The summed E-state index contributed by atoms with van der Waals surface area (Å²) in [4.78, 5) is 0. The van der Waals surface area contributed by atoms with E-state index in [0.717, 1.165) is 0 Å². The molecule has 1 aromatic heterocycles. The Hall–Kier alpha value is -1.86. The fraction of sp³-hybridized carbons (Fsp3) is 0. The molecule has 0 aliphatic carbocycles. The van der Waals surface area contributed by atoms with Crippen LogP contribution in [-0.2, 0) is 0 Å². The summed E-state index contributed by atoms with van der Waals surface area (Å²) in [6.07, 6.45) is 0. The molecule has 8 N–H and O–H groups in total. The third-order valence-corrected chi connectivity index (χ3v) is 0.362. The second-order valence-corrected chi connectivity index (χ2v) is 1.23. The van der Waals surface area contributed by atoms with Crippen LogP contribution in [0.15, 0.2) is 0 Å². The number of nitrogen functional groups attached to an aromatic ring is 1. The van der Waals surface area contributed by atoms with Gasteiger partial charge >= 0.3 is 0 Å². The molecule has 0 aliphatic rings. The van der Waals surface area contributed by atoms with Gasteiger partial charge in [-0.2, -0.15) is 5.21 Å². The van der Waals surface area contributed by atoms with Crippen LogP contribution in [0.25, 0.3) is 0 Å². The van der Waals surface area contributed by atoms with E-state index in [1.807, 2.05) is 0 Å². The second kappa shape index (κ2) is 4.06. The van der Waals surface area contributed by atoms with Gasteiger partial charge in [0.1, 0.15) is 0 Å². The first-order valence-corrected chi connectivity index (χ1v) is 2.21. The Morgan fingerprint density at radius 3 is 2.10 bits per heavy atom. The monoisotopic (exact) mass is 144 g/mol. The fourth-order valence-corrected chi connectivity index (χ4v) is 0.170. The van der Waals surface area contributed by atoms with Crippen LogP contribution >= 0.6 is 0 Å². The smallest absolute Gasteiger partial charge is 0.260 e. The molecule has 0 aromatic carbocycles. The van der Waals surface area contributed by atoms with Gasteiger partial charge in [0, 0.05) is 0 Å². The highest BCUT2D eigenvalue weighted by atomic mass is 15.5. The molecule has 1 aromatic rings. The predicted molar refractivity (Wildman–Crippen MR) is 34.7 cm³/mol. The van der Waals surface area contributed by atoms with E-state index in [0.29, 0.717) is 0 Å². The summed E-state index contributed by atoms with van der Waals surface area (Å²) in [5.74, 6) is -0.157. The fourth-order valence-electron chi connectivity index (χ4n) is 0.170. The van der Waals surface area contributed by atoms with Gasteiger partial charge in [-0.1, -0.05) is 5.10 Å². The van der Waals surface area contributed by atoms with E-state index in [1.165, 1.54) is 0 Å². The van der Waals surface area contributed by atoms with Crippen molar-refractivity contribution in [3.8, 4) is 0 Å². The minimum absolute atomic E-state index is 0.176. The predicted octanol–water partition coefficient (Wildman–Crippen LogP) is -2.38. The van der Waals surface area contributed by atoms with E-state index in [-0.39, 0.29) is 11.9 Å². The lowest BCUT2D eigenvalue weighted by atomic mass is 11.1. The van der Waals surface area contributed by atoms with Gasteiger partial charge in [0.05, 0.1) is 0 Å². The molecule has 10 heavy (non-hydrogen) atoms. The number of tetrazole rings is 1. The summed E-state index contributed by atoms with van der Waals surface area (Å²) < 4.78 is 0. The SMILES string of the molecule is N=C(N)N.Nc1nn[nH]n1. The molecule has 0 bridgehead atoms. The van der Waals surface area contributed by atoms with Crippen LogP contribution in [0.3, 0.4) is 0 Å². The summed E-state index contributed by atoms with van der Waals surface area (Å²) in [6, 6.07) is 0. The zero-order valence-electron chi connectivity index (χ0n) is 5.07. The molecular weight excluding hydrogens is 136 g/mol. The molecule has 8 nitrogen and oxygen atoms in total. The van der Waals surface area contributed by atoms with Gasteiger partial charge in [0.25, 0.3) is 5.95 Å². The number of H-pyrrole nitrogens is 1. The van der Waals surface area contributed by atoms with Crippen molar-refractivity contribution in [3.63, 3.8) is 0 Å². The number of nitrogens with zero attached hydrogens (tertiary/aromatic N) is 3. The standard InChI is InChI=1S/CH3N5.CH5N3/c2-1-3-5-6-4-1;2-1(3)4/h(H3,2,3,4,5,6);(H5,2,3,4). The number of hydrogen-bond donors (Lipinski definition) is 5. The van der Waals surface area contributed by atoms with E-state index < -0.39 is 0 Å². The number of hydrogen-bond acceptors (Lipinski definition) is 5. The van der Waals surface area contributed by atoms with E-state index in [4.69, 9.17) is 11.1 Å². The van der Waals surface area contributed by atoms with Crippen LogP contribution in [0.4, 0.5) is 5.95 Å². The minimum Gasteiger partial charge on any atom is -0.370 e. The number of aromatic amines is 1. The minimum atomic E-state index is -0.333. The molecule has 0 amide bonds. The van der Waals surface area contributed by atoms with Crippen molar-refractivity contribution in [2.24, 2.45) is 11.5 Å². The summed E-state index contributed by atoms with van der Waals surface area (Å²) in [5.41, 5.74) is 13.9. The van der Waals surface area contributed by atoms with Gasteiger partial charge in [-0.25, -0.2) is 0 Å². The molecule has 56 valence electrons. The lowest BCUT2D eigenvalue weighted by molar-refractivity contribution is 0.881. The number of nitrogens with one attached hydrogen (secondary N) is 2. The highest BCUT2D eigenvalue weighted by molar-refractivity contribution is 5.71. The Labute approximate surface area is 56.3 Å². The molecule has 0 saturated carbocycles. The Kier molecular flexibility index (Phi) is 3.31. The first kappa shape index (κ1) is 8.14. The van der Waals surface area contributed by atoms with Gasteiger partial charge in [-0.15, -0.1) is 5.10 Å². The number of rotatable bonds is 0. The van der Waals surface area contributed by atoms with Crippen molar-refractivity contribution < 1.29 is 0 Å². The molecular formula is C2H8N8. The van der Waals surface area contributed by atoms with Crippen LogP contribution < -0.4 is 17.2 Å². The maximum absolute atomic E-state index is 6.06. The summed E-state index contributed by atoms with van der Waals surface area (Å²) >= 11 is 0. The number of aromatic nitrogens is 4. The van der Waals surface area contributed by atoms with Gasteiger partial charge in [-0.3, -0.25) is 5.41 Å². The van der Waals surface area contributed by atoms with Crippen LogP contribution in [0, 0.1) is 5.41 Å². The van der Waals surface area contributed by atoms with Crippen molar-refractivity contribution in [1.29, 1.82) is 5.41 Å². The summed E-state index contributed by atoms with van der Waals surface area (Å²) in [7, 11) is 0. The second-order valence-electron chi connectivity index (χ2n) is 1.23. The van der Waals surface area contributed by atoms with E-state index in [1.54, 1.807) is 0 Å². The zero-order valence-corrected chi connectivity index (χ0v) is 5.07. The van der Waals surface area contributed by atoms with Crippen LogP contribution in [0.1, 0.15) is 0 Å². The van der Waals surface area contributed by atoms with Crippen molar-refractivity contribution in [2.45, 2.75) is 0 Å². The Bertz CT molecular complexity index is 171. The van der Waals surface area contributed by atoms with E-state index in [2.05, 4.69) is 32.1 Å². The highest BCUT2D eigenvalue weighted by Crippen LogP contribution is 1.72. The molecule has 0 fully saturated rings. The van der Waals surface area contributed by atoms with Gasteiger partial charge < -0.3 is 17.2 Å². The lowest BCUT2D eigenvalue weighted by Gasteiger charge is -1.69. The van der Waals surface area contributed by atoms with E-state index in [9.17, 15) is 0 Å². The normalized spacial score (nSPS) is 7.60. The first-order chi connectivity index (χ1) is 4.63. The van der Waals surface area contributed by atoms with Crippen molar-refractivity contribution in [2.75, 3.05) is 5.73 Å². The molecule has 0 saturated heterocycles. The molecule has 0 spiro atoms. The average molecular weight is 144 g/mol. The molecule has 0 atom stereocenters. The quantitative estimate of drug-likeness (QED) is 0.202. The third-order valence-electron chi connectivity index (χ3n) is 0.362. The Morgan fingerprint density at radius 2 is 2.00 bits per heavy atom. The Morgan fingerprint density at radius 1 is 1.50 bits per heavy atom. The largest absolute Gasteiger partial charge is 0.370 e. The molecule has 0 aliphatic heterocycles. The van der Waals surface area contributed by atoms with Gasteiger partial charge in [-0.05, 0) is 5.21 Å². The zero-order chi connectivity index (χ0) is 7.98. The molecule has 0 unspecified atom stereocenters. The number of guanidine groups is 1. The third kappa shape index (κ3) is 6.14. The molecule has 0 radical (unpaired) electrons. The average Bonchev–Trinajstić information content (AvgIpc) is 2.15. The lowest BCUT2D eigenvalue weighted by Crippen LogP contribution is -2.20. The summed E-state index contributed by atoms with van der Waals surface area (Å²) in [5, 5.41) is 18.1. The topological polar surface area (TPSA) is 156 Å². The van der Waals surface area contributed by atoms with Gasteiger partial charge in [0.2, 0.25) is 0 Å². The van der Waals surface area contributed by atoms with Crippen LogP contribution in [0.5, 0.6) is 0 Å². The highest BCUT2D eigenvalue weighted by Gasteiger charge is 1.78. The maximum Gasteiger partial charge on any atom is 0.260 e. The Balaban J connectivity index is 0.000000180.